The Hall–Kier alpha value is -2.16. The highest BCUT2D eigenvalue weighted by Crippen LogP contribution is 2.38. The van der Waals surface area contributed by atoms with Crippen LogP contribution in [0.4, 0.5) is 5.69 Å². The van der Waals surface area contributed by atoms with Crippen LogP contribution in [-0.2, 0) is 16.1 Å². The lowest BCUT2D eigenvalue weighted by atomic mass is 9.92. The third kappa shape index (κ3) is 5.21. The van der Waals surface area contributed by atoms with Crippen molar-refractivity contribution < 1.29 is 18.8 Å². The first kappa shape index (κ1) is 20.6. The van der Waals surface area contributed by atoms with Crippen LogP contribution in [-0.4, -0.2) is 35.3 Å². The van der Waals surface area contributed by atoms with Crippen molar-refractivity contribution in [1.29, 1.82) is 0 Å². The second-order valence-electron chi connectivity index (χ2n) is 7.10. The van der Waals surface area contributed by atoms with E-state index in [-0.39, 0.29) is 30.8 Å². The third-order valence-corrected chi connectivity index (χ3v) is 4.98. The summed E-state index contributed by atoms with van der Waals surface area (Å²) in [7, 11) is 0. The van der Waals surface area contributed by atoms with E-state index in [4.69, 9.17) is 19.7 Å². The largest absolute Gasteiger partial charge is 0.485 e. The Morgan fingerprint density at radius 2 is 1.93 bits per heavy atom. The van der Waals surface area contributed by atoms with Crippen molar-refractivity contribution in [3.05, 3.63) is 36.0 Å². The first-order valence-corrected chi connectivity index (χ1v) is 9.38. The van der Waals surface area contributed by atoms with Gasteiger partial charge in [0.25, 0.3) is 0 Å². The standard InChI is InChI=1S/C19H24N4O4.ClH/c20-17(12-7-9-25-10-8-12)18(24)21-14-3-5-15(6-4-14)26-11-16-22-19(27-23-16)13-1-2-13;/h3-6,12-13,17H,1-2,7-11,20H2,(H,21,24);1H. The molecule has 0 bridgehead atoms. The summed E-state index contributed by atoms with van der Waals surface area (Å²) in [5.41, 5.74) is 6.78. The molecule has 1 aliphatic heterocycles. The number of nitrogens with two attached hydrogens (primary N) is 1. The highest BCUT2D eigenvalue weighted by molar-refractivity contribution is 5.94. The second kappa shape index (κ2) is 9.36. The highest BCUT2D eigenvalue weighted by Gasteiger charge is 2.29. The number of benzene rings is 1. The van der Waals surface area contributed by atoms with Crippen molar-refractivity contribution in [2.45, 2.75) is 44.2 Å². The average molecular weight is 409 g/mol. The lowest BCUT2D eigenvalue weighted by Gasteiger charge is -2.26. The van der Waals surface area contributed by atoms with Gasteiger partial charge in [-0.3, -0.25) is 4.79 Å². The fourth-order valence-corrected chi connectivity index (χ4v) is 3.12. The SMILES string of the molecule is Cl.NC(C(=O)Nc1ccc(OCc2noc(C3CC3)n2)cc1)C1CCOCC1. The summed E-state index contributed by atoms with van der Waals surface area (Å²) < 4.78 is 16.2. The zero-order chi connectivity index (χ0) is 18.6. The van der Waals surface area contributed by atoms with E-state index in [1.54, 1.807) is 24.3 Å². The number of carbonyl (C=O) groups excluding carboxylic acids is 1. The quantitative estimate of drug-likeness (QED) is 0.723. The Bertz CT molecular complexity index is 772. The summed E-state index contributed by atoms with van der Waals surface area (Å²) in [5.74, 6) is 2.33. The van der Waals surface area contributed by atoms with Gasteiger partial charge in [-0.15, -0.1) is 12.4 Å². The van der Waals surface area contributed by atoms with E-state index in [1.165, 1.54) is 0 Å². The first-order chi connectivity index (χ1) is 13.2. The first-order valence-electron chi connectivity index (χ1n) is 9.38. The normalized spacial score (nSPS) is 18.2. The van der Waals surface area contributed by atoms with Gasteiger partial charge in [0.05, 0.1) is 6.04 Å². The van der Waals surface area contributed by atoms with Crippen molar-refractivity contribution >= 4 is 24.0 Å². The molecule has 1 saturated heterocycles. The van der Waals surface area contributed by atoms with Gasteiger partial charge in [0.2, 0.25) is 17.6 Å². The average Bonchev–Trinajstić information content (AvgIpc) is 3.45. The summed E-state index contributed by atoms with van der Waals surface area (Å²) in [6.07, 6.45) is 3.88. The Morgan fingerprint density at radius 1 is 1.21 bits per heavy atom. The molecule has 2 heterocycles. The van der Waals surface area contributed by atoms with Crippen molar-refractivity contribution in [2.75, 3.05) is 18.5 Å². The van der Waals surface area contributed by atoms with Crippen molar-refractivity contribution in [3.8, 4) is 5.75 Å². The van der Waals surface area contributed by atoms with Gasteiger partial charge >= 0.3 is 0 Å². The van der Waals surface area contributed by atoms with Gasteiger partial charge < -0.3 is 25.0 Å². The second-order valence-corrected chi connectivity index (χ2v) is 7.10. The van der Waals surface area contributed by atoms with Gasteiger partial charge in [0.1, 0.15) is 5.75 Å². The van der Waals surface area contributed by atoms with Gasteiger partial charge in [0.15, 0.2) is 6.61 Å². The lowest BCUT2D eigenvalue weighted by molar-refractivity contribution is -0.119. The maximum atomic E-state index is 12.3. The number of amides is 1. The van der Waals surface area contributed by atoms with E-state index >= 15 is 0 Å². The molecular weight excluding hydrogens is 384 g/mol. The smallest absolute Gasteiger partial charge is 0.241 e. The number of ether oxygens (including phenoxy) is 2. The Labute approximate surface area is 169 Å². The minimum Gasteiger partial charge on any atom is -0.485 e. The Morgan fingerprint density at radius 3 is 2.61 bits per heavy atom. The Balaban J connectivity index is 0.00000225. The van der Waals surface area contributed by atoms with Crippen LogP contribution in [0, 0.1) is 5.92 Å². The van der Waals surface area contributed by atoms with Crippen molar-refractivity contribution in [3.63, 3.8) is 0 Å². The molecule has 152 valence electrons. The monoisotopic (exact) mass is 408 g/mol. The topological polar surface area (TPSA) is 113 Å². The van der Waals surface area contributed by atoms with Crippen LogP contribution in [0.25, 0.3) is 0 Å². The molecule has 28 heavy (non-hydrogen) atoms. The summed E-state index contributed by atoms with van der Waals surface area (Å²) in [6, 6.07) is 6.63. The number of hydrogen-bond acceptors (Lipinski definition) is 7. The molecule has 1 aromatic heterocycles. The van der Waals surface area contributed by atoms with E-state index < -0.39 is 6.04 Å². The van der Waals surface area contributed by atoms with Gasteiger partial charge in [-0.2, -0.15) is 4.98 Å². The highest BCUT2D eigenvalue weighted by atomic mass is 35.5. The number of hydrogen-bond donors (Lipinski definition) is 2. The molecule has 4 rings (SSSR count). The minimum atomic E-state index is -0.524. The molecular formula is C19H25ClN4O4. The van der Waals surface area contributed by atoms with Gasteiger partial charge in [-0.25, -0.2) is 0 Å². The van der Waals surface area contributed by atoms with Crippen LogP contribution in [0.5, 0.6) is 5.75 Å². The van der Waals surface area contributed by atoms with E-state index in [0.29, 0.717) is 42.3 Å². The summed E-state index contributed by atoms with van der Waals surface area (Å²) in [4.78, 5) is 16.7. The summed E-state index contributed by atoms with van der Waals surface area (Å²) in [5, 5.41) is 6.79. The number of rotatable bonds is 7. The molecule has 0 radical (unpaired) electrons. The molecule has 9 heteroatoms. The number of nitrogens with one attached hydrogen (secondary N) is 1. The molecule has 1 aliphatic carbocycles. The number of nitrogens with zero attached hydrogens (tertiary/aromatic N) is 2. The van der Waals surface area contributed by atoms with Crippen molar-refractivity contribution in [1.82, 2.24) is 10.1 Å². The molecule has 2 aliphatic rings. The van der Waals surface area contributed by atoms with Crippen molar-refractivity contribution in [2.24, 2.45) is 11.7 Å². The molecule has 1 unspecified atom stereocenters. The van der Waals surface area contributed by atoms with Gasteiger partial charge in [0, 0.05) is 24.8 Å². The van der Waals surface area contributed by atoms with E-state index in [0.717, 1.165) is 25.7 Å². The zero-order valence-electron chi connectivity index (χ0n) is 15.5. The summed E-state index contributed by atoms with van der Waals surface area (Å²) >= 11 is 0. The van der Waals surface area contributed by atoms with Crippen LogP contribution >= 0.6 is 12.4 Å². The van der Waals surface area contributed by atoms with Gasteiger partial charge in [-0.05, 0) is 55.9 Å². The van der Waals surface area contributed by atoms with Crippen LogP contribution < -0.4 is 15.8 Å². The molecule has 0 spiro atoms. The number of anilines is 1. The predicted octanol–water partition coefficient (Wildman–Crippen LogP) is 2.64. The van der Waals surface area contributed by atoms with E-state index in [1.807, 2.05) is 0 Å². The maximum Gasteiger partial charge on any atom is 0.241 e. The molecule has 8 nitrogen and oxygen atoms in total. The fraction of sp³-hybridized carbons (Fsp3) is 0.526. The number of carbonyl (C=O) groups is 1. The van der Waals surface area contributed by atoms with Crippen LogP contribution in [0.1, 0.15) is 43.3 Å². The van der Waals surface area contributed by atoms with Crippen LogP contribution in [0.15, 0.2) is 28.8 Å². The van der Waals surface area contributed by atoms with Gasteiger partial charge in [-0.1, -0.05) is 5.16 Å². The Kier molecular flexibility index (Phi) is 6.88. The predicted molar refractivity (Wildman–Crippen MR) is 104 cm³/mol. The minimum absolute atomic E-state index is 0. The third-order valence-electron chi connectivity index (χ3n) is 4.98. The molecule has 2 aromatic rings. The lowest BCUT2D eigenvalue weighted by Crippen LogP contribution is -2.43. The number of halogens is 1. The number of aromatic nitrogens is 2. The molecule has 1 aromatic carbocycles. The summed E-state index contributed by atoms with van der Waals surface area (Å²) in [6.45, 7) is 1.58. The molecule has 2 fully saturated rings. The van der Waals surface area contributed by atoms with Crippen LogP contribution in [0.2, 0.25) is 0 Å². The molecule has 1 atom stereocenters. The molecule has 1 saturated carbocycles. The zero-order valence-corrected chi connectivity index (χ0v) is 16.3. The molecule has 1 amide bonds. The fourth-order valence-electron chi connectivity index (χ4n) is 3.12. The molecule has 3 N–H and O–H groups in total. The van der Waals surface area contributed by atoms with E-state index in [9.17, 15) is 4.79 Å². The van der Waals surface area contributed by atoms with Crippen LogP contribution in [0.3, 0.4) is 0 Å². The maximum absolute atomic E-state index is 12.3. The van der Waals surface area contributed by atoms with E-state index in [2.05, 4.69) is 15.5 Å².